The molecule has 5 rings (SSSR count). The quantitative estimate of drug-likeness (QED) is 0.585. The van der Waals surface area contributed by atoms with E-state index in [1.807, 2.05) is 19.1 Å². The first-order valence-electron chi connectivity index (χ1n) is 12.4. The summed E-state index contributed by atoms with van der Waals surface area (Å²) in [5.41, 5.74) is 2.59. The van der Waals surface area contributed by atoms with Crippen molar-refractivity contribution in [2.24, 2.45) is 22.4 Å². The van der Waals surface area contributed by atoms with Crippen molar-refractivity contribution in [2.75, 3.05) is 6.61 Å². The number of primary sulfonamides is 1. The average molecular weight is 500 g/mol. The highest BCUT2D eigenvalue weighted by Crippen LogP contribution is 2.62. The number of carbonyl (C=O) groups is 1. The largest absolute Gasteiger partial charge is 0.504 e. The number of carbonyl (C=O) groups excluding carboxylic acids is 1. The minimum atomic E-state index is -3.90. The van der Waals surface area contributed by atoms with E-state index in [9.17, 15) is 18.3 Å². The van der Waals surface area contributed by atoms with Gasteiger partial charge in [0.05, 0.1) is 17.1 Å². The summed E-state index contributed by atoms with van der Waals surface area (Å²) in [6.45, 7) is 4.67. The highest BCUT2D eigenvalue weighted by Gasteiger charge is 2.56. The molecule has 0 amide bonds. The molecule has 5 atom stereocenters. The number of ether oxygens (including phenoxy) is 2. The summed E-state index contributed by atoms with van der Waals surface area (Å²) < 4.78 is 35.1. The number of sulfonamides is 1. The molecule has 2 saturated carbocycles. The number of rotatable bonds is 5. The number of phenols is 1. The number of aryl methyl sites for hydroxylation is 1. The molecule has 0 spiro atoms. The van der Waals surface area contributed by atoms with E-state index >= 15 is 0 Å². The molecular weight excluding hydrogens is 466 g/mol. The van der Waals surface area contributed by atoms with Crippen molar-refractivity contribution in [1.82, 2.24) is 0 Å². The normalized spacial score (nSPS) is 29.6. The van der Waals surface area contributed by atoms with E-state index in [1.165, 1.54) is 29.3 Å². The number of nitrogens with two attached hydrogens (primary N) is 1. The third-order valence-corrected chi connectivity index (χ3v) is 9.58. The molecule has 2 aromatic carbocycles. The fraction of sp³-hybridized carbons (Fsp3) is 0.519. The van der Waals surface area contributed by atoms with Crippen LogP contribution in [0.5, 0.6) is 11.5 Å². The van der Waals surface area contributed by atoms with E-state index in [0.717, 1.165) is 38.5 Å². The van der Waals surface area contributed by atoms with Crippen LogP contribution in [0, 0.1) is 17.3 Å². The van der Waals surface area contributed by atoms with Crippen LogP contribution in [0.2, 0.25) is 0 Å². The Bertz CT molecular complexity index is 1260. The van der Waals surface area contributed by atoms with Gasteiger partial charge in [-0.3, -0.25) is 0 Å². The first-order valence-corrected chi connectivity index (χ1v) is 14.0. The maximum Gasteiger partial charge on any atom is 0.338 e. The lowest BCUT2D eigenvalue weighted by molar-refractivity contribution is -0.0428. The molecule has 0 heterocycles. The number of hydrogen-bond acceptors (Lipinski definition) is 6. The molecule has 0 radical (unpaired) electrons. The molecule has 2 aromatic rings. The number of fused-ring (bicyclic) bond motifs is 5. The van der Waals surface area contributed by atoms with Gasteiger partial charge in [0.1, 0.15) is 6.10 Å². The molecule has 0 bridgehead atoms. The summed E-state index contributed by atoms with van der Waals surface area (Å²) in [5, 5.41) is 15.6. The molecule has 188 valence electrons. The number of hydrogen-bond donors (Lipinski definition) is 2. The van der Waals surface area contributed by atoms with Crippen LogP contribution in [0.4, 0.5) is 0 Å². The van der Waals surface area contributed by atoms with E-state index in [-0.39, 0.29) is 27.7 Å². The topological polar surface area (TPSA) is 116 Å². The van der Waals surface area contributed by atoms with E-state index in [4.69, 9.17) is 14.6 Å². The van der Waals surface area contributed by atoms with Crippen LogP contribution in [0.3, 0.4) is 0 Å². The SMILES string of the molecule is CCOc1cc2c(cc1O)CC[C@@H]1[C@@H]2CC[C@]2(C)[C@@H](OC(=O)c3cccc(S(N)(=O)=O)c3)CC[C@@H]12. The van der Waals surface area contributed by atoms with Crippen LogP contribution in [-0.2, 0) is 21.2 Å². The Morgan fingerprint density at radius 3 is 2.71 bits per heavy atom. The second-order valence-electron chi connectivity index (χ2n) is 10.5. The van der Waals surface area contributed by atoms with Gasteiger partial charge in [0.25, 0.3) is 0 Å². The Morgan fingerprint density at radius 1 is 1.17 bits per heavy atom. The van der Waals surface area contributed by atoms with Crippen molar-refractivity contribution in [3.63, 3.8) is 0 Å². The molecule has 3 N–H and O–H groups in total. The molecular formula is C27H33NO6S. The standard InChI is InChI=1S/C27H33NO6S/c1-3-33-24-15-21-16(14-23(24)29)7-8-20-19(21)11-12-27(2)22(20)9-10-25(27)34-26(30)17-5-4-6-18(13-17)35(28,31)32/h4-6,13-15,19-20,22,25,29H,3,7-12H2,1-2H3,(H2,28,31,32)/t19-,20+,22-,25-,27-/m0/s1. The summed E-state index contributed by atoms with van der Waals surface area (Å²) in [4.78, 5) is 12.9. The molecule has 7 nitrogen and oxygen atoms in total. The fourth-order valence-corrected chi connectivity index (χ4v) is 7.56. The summed E-state index contributed by atoms with van der Waals surface area (Å²) in [7, 11) is -3.90. The molecule has 2 fully saturated rings. The van der Waals surface area contributed by atoms with Gasteiger partial charge in [-0.1, -0.05) is 13.0 Å². The van der Waals surface area contributed by atoms with Crippen molar-refractivity contribution in [2.45, 2.75) is 69.3 Å². The van der Waals surface area contributed by atoms with E-state index in [1.54, 1.807) is 6.07 Å². The predicted octanol–water partition coefficient (Wildman–Crippen LogP) is 4.52. The third-order valence-electron chi connectivity index (χ3n) is 8.66. The van der Waals surface area contributed by atoms with Crippen molar-refractivity contribution in [3.05, 3.63) is 53.1 Å². The van der Waals surface area contributed by atoms with Gasteiger partial charge in [-0.15, -0.1) is 0 Å². The Balaban J connectivity index is 1.36. The van der Waals surface area contributed by atoms with Gasteiger partial charge in [-0.2, -0.15) is 0 Å². The molecule has 0 aromatic heterocycles. The van der Waals surface area contributed by atoms with E-state index in [0.29, 0.717) is 30.1 Å². The first-order chi connectivity index (χ1) is 16.6. The van der Waals surface area contributed by atoms with Crippen molar-refractivity contribution >= 4 is 16.0 Å². The number of phenolic OH excluding ortho intramolecular Hbond substituents is 1. The van der Waals surface area contributed by atoms with Crippen molar-refractivity contribution < 1.29 is 27.8 Å². The zero-order chi connectivity index (χ0) is 25.0. The Morgan fingerprint density at radius 2 is 1.97 bits per heavy atom. The Kier molecular flexibility index (Phi) is 6.08. The first kappa shape index (κ1) is 24.1. The fourth-order valence-electron chi connectivity index (χ4n) is 7.00. The summed E-state index contributed by atoms with van der Waals surface area (Å²) in [5.74, 6) is 1.61. The van der Waals surface area contributed by atoms with Crippen LogP contribution in [0.15, 0.2) is 41.3 Å². The highest BCUT2D eigenvalue weighted by atomic mass is 32.2. The molecule has 3 aliphatic carbocycles. The summed E-state index contributed by atoms with van der Waals surface area (Å²) >= 11 is 0. The Hall–Kier alpha value is -2.58. The minimum absolute atomic E-state index is 0.0960. The minimum Gasteiger partial charge on any atom is -0.504 e. The van der Waals surface area contributed by atoms with Gasteiger partial charge < -0.3 is 14.6 Å². The molecule has 0 unspecified atom stereocenters. The van der Waals surface area contributed by atoms with Gasteiger partial charge in [-0.05, 0) is 105 Å². The molecule has 8 heteroatoms. The lowest BCUT2D eigenvalue weighted by Gasteiger charge is -2.50. The molecule has 0 aliphatic heterocycles. The maximum absolute atomic E-state index is 13.0. The monoisotopic (exact) mass is 499 g/mol. The van der Waals surface area contributed by atoms with Gasteiger partial charge in [-0.25, -0.2) is 18.4 Å². The van der Waals surface area contributed by atoms with Crippen molar-refractivity contribution in [3.8, 4) is 11.5 Å². The molecule has 0 saturated heterocycles. The molecule has 35 heavy (non-hydrogen) atoms. The lowest BCUT2D eigenvalue weighted by Crippen LogP contribution is -2.45. The van der Waals surface area contributed by atoms with E-state index < -0.39 is 16.0 Å². The zero-order valence-corrected chi connectivity index (χ0v) is 21.0. The highest BCUT2D eigenvalue weighted by molar-refractivity contribution is 7.89. The predicted molar refractivity (Wildman–Crippen MR) is 131 cm³/mol. The number of benzene rings is 2. The Labute approximate surface area is 206 Å². The van der Waals surface area contributed by atoms with Gasteiger partial charge in [0.15, 0.2) is 11.5 Å². The van der Waals surface area contributed by atoms with Gasteiger partial charge >= 0.3 is 5.97 Å². The summed E-state index contributed by atoms with van der Waals surface area (Å²) in [6.07, 6.45) is 5.51. The van der Waals surface area contributed by atoms with Crippen LogP contribution in [0.1, 0.15) is 73.4 Å². The van der Waals surface area contributed by atoms with Crippen LogP contribution >= 0.6 is 0 Å². The van der Waals surface area contributed by atoms with Crippen molar-refractivity contribution in [1.29, 1.82) is 0 Å². The number of aromatic hydroxyl groups is 1. The third kappa shape index (κ3) is 4.20. The van der Waals surface area contributed by atoms with Gasteiger partial charge in [0, 0.05) is 5.41 Å². The molecule has 3 aliphatic rings. The van der Waals surface area contributed by atoms with E-state index in [2.05, 4.69) is 6.92 Å². The maximum atomic E-state index is 13.0. The zero-order valence-electron chi connectivity index (χ0n) is 20.2. The van der Waals surface area contributed by atoms with Gasteiger partial charge in [0.2, 0.25) is 10.0 Å². The van der Waals surface area contributed by atoms with Crippen LogP contribution in [0.25, 0.3) is 0 Å². The number of esters is 1. The van der Waals surface area contributed by atoms with Crippen LogP contribution < -0.4 is 9.88 Å². The second kappa shape index (κ2) is 8.82. The smallest absolute Gasteiger partial charge is 0.338 e. The summed E-state index contributed by atoms with van der Waals surface area (Å²) in [6, 6.07) is 9.64. The lowest BCUT2D eigenvalue weighted by atomic mass is 9.55. The average Bonchev–Trinajstić information content (AvgIpc) is 3.15. The second-order valence-corrected chi connectivity index (χ2v) is 12.0. The van der Waals surface area contributed by atoms with Crippen LogP contribution in [-0.4, -0.2) is 32.2 Å².